The molecule has 22 heavy (non-hydrogen) atoms. The van der Waals surface area contributed by atoms with Gasteiger partial charge in [-0.25, -0.2) is 4.98 Å². The van der Waals surface area contributed by atoms with Crippen molar-refractivity contribution >= 4 is 29.7 Å². The Balaban J connectivity index is 0.00000242. The Morgan fingerprint density at radius 2 is 2.18 bits per heavy atom. The van der Waals surface area contributed by atoms with E-state index in [1.807, 2.05) is 17.3 Å². The van der Waals surface area contributed by atoms with Gasteiger partial charge in [-0.1, -0.05) is 13.3 Å². The van der Waals surface area contributed by atoms with Crippen LogP contribution in [0, 0.1) is 0 Å². The van der Waals surface area contributed by atoms with Crippen molar-refractivity contribution < 1.29 is 4.79 Å². The number of aromatic nitrogens is 1. The van der Waals surface area contributed by atoms with Crippen molar-refractivity contribution in [2.75, 3.05) is 26.2 Å². The van der Waals surface area contributed by atoms with Crippen LogP contribution in [0.15, 0.2) is 10.9 Å². The van der Waals surface area contributed by atoms with Crippen LogP contribution in [0.3, 0.4) is 0 Å². The molecule has 1 aromatic rings. The highest BCUT2D eigenvalue weighted by Crippen LogP contribution is 2.15. The average Bonchev–Trinajstić information content (AvgIpc) is 2.83. The molecule has 0 radical (unpaired) electrons. The molecule has 0 bridgehead atoms. The molecular weight excluding hydrogens is 320 g/mol. The first-order chi connectivity index (χ1) is 10.0. The fourth-order valence-corrected chi connectivity index (χ4v) is 3.41. The average molecular weight is 347 g/mol. The molecule has 1 unspecified atom stereocenters. The quantitative estimate of drug-likeness (QED) is 0.887. The number of carbonyl (C=O) groups excluding carboxylic acids is 1. The monoisotopic (exact) mass is 346 g/mol. The van der Waals surface area contributed by atoms with Gasteiger partial charge in [-0.2, -0.15) is 0 Å². The van der Waals surface area contributed by atoms with Gasteiger partial charge in [0, 0.05) is 38.1 Å². The van der Waals surface area contributed by atoms with Crippen molar-refractivity contribution in [3.05, 3.63) is 16.6 Å². The fraction of sp³-hybridized carbons (Fsp3) is 0.733. The molecule has 2 N–H and O–H groups in total. The Morgan fingerprint density at radius 3 is 2.82 bits per heavy atom. The van der Waals surface area contributed by atoms with Gasteiger partial charge in [0.25, 0.3) is 0 Å². The minimum atomic E-state index is -0.723. The summed E-state index contributed by atoms with van der Waals surface area (Å²) in [5.74, 6) is 0.0971. The number of nitrogens with zero attached hydrogens (tertiary/aromatic N) is 3. The first-order valence-electron chi connectivity index (χ1n) is 7.70. The largest absolute Gasteiger partial charge is 0.340 e. The zero-order chi connectivity index (χ0) is 15.3. The van der Waals surface area contributed by atoms with Crippen molar-refractivity contribution in [1.29, 1.82) is 0 Å². The van der Waals surface area contributed by atoms with Crippen LogP contribution in [0.25, 0.3) is 0 Å². The van der Waals surface area contributed by atoms with Crippen LogP contribution in [0.4, 0.5) is 0 Å². The Kier molecular flexibility index (Phi) is 7.76. The second kappa shape index (κ2) is 8.82. The molecule has 1 atom stereocenters. The summed E-state index contributed by atoms with van der Waals surface area (Å²) >= 11 is 1.63. The predicted octanol–water partition coefficient (Wildman–Crippen LogP) is 2.12. The number of hydrogen-bond donors (Lipinski definition) is 1. The van der Waals surface area contributed by atoms with E-state index in [0.29, 0.717) is 0 Å². The molecule has 0 spiro atoms. The summed E-state index contributed by atoms with van der Waals surface area (Å²) in [6.07, 6.45) is 2.67. The first-order valence-corrected chi connectivity index (χ1v) is 8.65. The van der Waals surface area contributed by atoms with E-state index in [1.165, 1.54) is 0 Å². The van der Waals surface area contributed by atoms with Crippen molar-refractivity contribution in [2.24, 2.45) is 5.73 Å². The minimum absolute atomic E-state index is 0. The lowest BCUT2D eigenvalue weighted by atomic mass is 9.95. The topological polar surface area (TPSA) is 62.5 Å². The zero-order valence-corrected chi connectivity index (χ0v) is 15.1. The van der Waals surface area contributed by atoms with Crippen LogP contribution in [0.5, 0.6) is 0 Å². The van der Waals surface area contributed by atoms with Crippen molar-refractivity contribution in [2.45, 2.75) is 45.2 Å². The summed E-state index contributed by atoms with van der Waals surface area (Å²) in [6, 6.07) is 0. The van der Waals surface area contributed by atoms with E-state index in [0.717, 1.165) is 57.7 Å². The SMILES string of the molecule is CCCC(C)(N)C(=O)N1CCCN(Cc2cscn2)CC1.Cl. The highest BCUT2D eigenvalue weighted by atomic mass is 35.5. The third-order valence-electron chi connectivity index (χ3n) is 4.00. The molecule has 0 aliphatic carbocycles. The second-order valence-electron chi connectivity index (χ2n) is 6.07. The molecule has 1 fully saturated rings. The summed E-state index contributed by atoms with van der Waals surface area (Å²) in [5.41, 5.74) is 8.45. The fourth-order valence-electron chi connectivity index (χ4n) is 2.86. The van der Waals surface area contributed by atoms with Gasteiger partial charge in [0.15, 0.2) is 0 Å². The number of amides is 1. The van der Waals surface area contributed by atoms with Gasteiger partial charge in [-0.3, -0.25) is 9.69 Å². The first kappa shape index (κ1) is 19.4. The van der Waals surface area contributed by atoms with Crippen LogP contribution in [-0.2, 0) is 11.3 Å². The third kappa shape index (κ3) is 5.19. The summed E-state index contributed by atoms with van der Waals surface area (Å²) < 4.78 is 0. The van der Waals surface area contributed by atoms with E-state index in [-0.39, 0.29) is 18.3 Å². The van der Waals surface area contributed by atoms with Gasteiger partial charge in [0.2, 0.25) is 5.91 Å². The van der Waals surface area contributed by atoms with Gasteiger partial charge in [0.05, 0.1) is 16.7 Å². The predicted molar refractivity (Wildman–Crippen MR) is 93.3 cm³/mol. The maximum absolute atomic E-state index is 12.6. The molecule has 1 aliphatic rings. The number of thiazole rings is 1. The molecule has 1 amide bonds. The lowest BCUT2D eigenvalue weighted by Crippen LogP contribution is -2.53. The minimum Gasteiger partial charge on any atom is -0.340 e. The van der Waals surface area contributed by atoms with Crippen LogP contribution in [0.2, 0.25) is 0 Å². The molecule has 7 heteroatoms. The zero-order valence-electron chi connectivity index (χ0n) is 13.5. The molecule has 1 saturated heterocycles. The number of carbonyl (C=O) groups is 1. The van der Waals surface area contributed by atoms with Gasteiger partial charge in [-0.05, 0) is 19.8 Å². The highest BCUT2D eigenvalue weighted by molar-refractivity contribution is 7.07. The molecule has 2 heterocycles. The van der Waals surface area contributed by atoms with E-state index in [9.17, 15) is 4.79 Å². The Morgan fingerprint density at radius 1 is 1.41 bits per heavy atom. The summed E-state index contributed by atoms with van der Waals surface area (Å²) in [7, 11) is 0. The Hall–Kier alpha value is -0.690. The molecule has 126 valence electrons. The maximum atomic E-state index is 12.6. The number of hydrogen-bond acceptors (Lipinski definition) is 5. The molecule has 5 nitrogen and oxygen atoms in total. The van der Waals surface area contributed by atoms with E-state index >= 15 is 0 Å². The third-order valence-corrected chi connectivity index (χ3v) is 4.64. The normalized spacial score (nSPS) is 19.1. The molecule has 2 rings (SSSR count). The van der Waals surface area contributed by atoms with E-state index in [2.05, 4.69) is 22.2 Å². The van der Waals surface area contributed by atoms with Gasteiger partial charge in [-0.15, -0.1) is 23.7 Å². The summed E-state index contributed by atoms with van der Waals surface area (Å²) in [4.78, 5) is 21.2. The standard InChI is InChI=1S/C15H26N4OS.ClH/c1-3-5-15(2,16)14(20)19-7-4-6-18(8-9-19)10-13-11-21-12-17-13;/h11-12H,3-10,16H2,1-2H3;1H. The van der Waals surface area contributed by atoms with E-state index in [1.54, 1.807) is 11.3 Å². The van der Waals surface area contributed by atoms with Crippen LogP contribution in [0.1, 0.15) is 38.8 Å². The number of rotatable bonds is 5. The van der Waals surface area contributed by atoms with Crippen molar-refractivity contribution in [1.82, 2.24) is 14.8 Å². The van der Waals surface area contributed by atoms with Gasteiger partial charge in [0.1, 0.15) is 0 Å². The lowest BCUT2D eigenvalue weighted by Gasteiger charge is -2.31. The Bertz CT molecular complexity index is 452. The van der Waals surface area contributed by atoms with Crippen molar-refractivity contribution in [3.8, 4) is 0 Å². The lowest BCUT2D eigenvalue weighted by molar-refractivity contribution is -0.136. The summed E-state index contributed by atoms with van der Waals surface area (Å²) in [6.45, 7) is 8.28. The molecule has 0 aromatic carbocycles. The van der Waals surface area contributed by atoms with Gasteiger partial charge < -0.3 is 10.6 Å². The molecule has 0 saturated carbocycles. The smallest absolute Gasteiger partial charge is 0.242 e. The van der Waals surface area contributed by atoms with Gasteiger partial charge >= 0.3 is 0 Å². The summed E-state index contributed by atoms with van der Waals surface area (Å²) in [5, 5.41) is 2.09. The molecular formula is C15H27ClN4OS. The molecule has 1 aliphatic heterocycles. The molecule has 1 aromatic heterocycles. The van der Waals surface area contributed by atoms with E-state index < -0.39 is 5.54 Å². The Labute approximate surface area is 143 Å². The maximum Gasteiger partial charge on any atom is 0.242 e. The van der Waals surface area contributed by atoms with Crippen molar-refractivity contribution in [3.63, 3.8) is 0 Å². The van der Waals surface area contributed by atoms with Crippen LogP contribution >= 0.6 is 23.7 Å². The second-order valence-corrected chi connectivity index (χ2v) is 6.79. The van der Waals surface area contributed by atoms with E-state index in [4.69, 9.17) is 5.73 Å². The number of halogens is 1. The highest BCUT2D eigenvalue weighted by Gasteiger charge is 2.32. The number of nitrogens with two attached hydrogens (primary N) is 1. The van der Waals surface area contributed by atoms with Crippen LogP contribution in [-0.4, -0.2) is 52.4 Å². The van der Waals surface area contributed by atoms with Crippen LogP contribution < -0.4 is 5.73 Å².